The van der Waals surface area contributed by atoms with Crippen molar-refractivity contribution in [1.82, 2.24) is 15.0 Å². The quantitative estimate of drug-likeness (QED) is 0.415. The molecule has 3 aromatic carbocycles. The van der Waals surface area contributed by atoms with Gasteiger partial charge in [0, 0.05) is 4.80 Å². The number of aromatic nitrogens is 4. The third-order valence-corrected chi connectivity index (χ3v) is 4.51. The number of benzene rings is 3. The lowest BCUT2D eigenvalue weighted by Gasteiger charge is -2.03. The molecule has 0 spiro atoms. The van der Waals surface area contributed by atoms with E-state index >= 15 is 0 Å². The van der Waals surface area contributed by atoms with Crippen molar-refractivity contribution in [3.63, 3.8) is 0 Å². The van der Waals surface area contributed by atoms with Crippen LogP contribution in [-0.2, 0) is 0 Å². The number of methoxy groups -OCH3 is 3. The highest BCUT2D eigenvalue weighted by atomic mass is 35.5. The van der Waals surface area contributed by atoms with Crippen molar-refractivity contribution < 1.29 is 31.4 Å². The molecule has 30 heavy (non-hydrogen) atoms. The Labute approximate surface area is 180 Å². The van der Waals surface area contributed by atoms with Gasteiger partial charge in [-0.25, -0.2) is 0 Å². The van der Waals surface area contributed by atoms with Crippen LogP contribution >= 0.6 is 0 Å². The number of nitrogens with zero attached hydrogens (tertiary/aromatic N) is 4. The predicted molar refractivity (Wildman–Crippen MR) is 108 cm³/mol. The van der Waals surface area contributed by atoms with Crippen molar-refractivity contribution in [3.05, 3.63) is 72.8 Å². The maximum atomic E-state index is 5.26. The van der Waals surface area contributed by atoms with Gasteiger partial charge in [-0.05, 0) is 82.7 Å². The molecule has 0 atom stereocenters. The van der Waals surface area contributed by atoms with E-state index in [1.807, 2.05) is 72.8 Å². The molecule has 0 aliphatic heterocycles. The van der Waals surface area contributed by atoms with Gasteiger partial charge in [-0.1, -0.05) is 0 Å². The molecule has 154 valence electrons. The molecule has 4 aromatic rings. The summed E-state index contributed by atoms with van der Waals surface area (Å²) in [6.07, 6.45) is 0. The summed E-state index contributed by atoms with van der Waals surface area (Å²) in [6, 6.07) is 23.0. The van der Waals surface area contributed by atoms with Crippen LogP contribution in [0.1, 0.15) is 0 Å². The van der Waals surface area contributed by atoms with Crippen LogP contribution in [0, 0.1) is 0 Å². The van der Waals surface area contributed by atoms with Gasteiger partial charge in [0.05, 0.1) is 32.0 Å². The molecule has 7 nitrogen and oxygen atoms in total. The van der Waals surface area contributed by atoms with Gasteiger partial charge in [0.25, 0.3) is 0 Å². The van der Waals surface area contributed by atoms with E-state index in [1.165, 1.54) is 0 Å². The summed E-state index contributed by atoms with van der Waals surface area (Å²) in [5.74, 6) is 2.94. The van der Waals surface area contributed by atoms with E-state index in [2.05, 4.69) is 0 Å². The lowest BCUT2D eigenvalue weighted by atomic mass is 10.2. The van der Waals surface area contributed by atoms with Gasteiger partial charge >= 0.3 is 5.82 Å². The fourth-order valence-corrected chi connectivity index (χ4v) is 2.91. The fourth-order valence-electron chi connectivity index (χ4n) is 2.91. The van der Waals surface area contributed by atoms with Crippen LogP contribution < -0.4 is 31.4 Å². The molecule has 0 unspecified atom stereocenters. The van der Waals surface area contributed by atoms with Gasteiger partial charge in [-0.15, -0.1) is 0 Å². The van der Waals surface area contributed by atoms with Crippen LogP contribution in [0.3, 0.4) is 0 Å². The van der Waals surface area contributed by atoms with Crippen LogP contribution in [0.5, 0.6) is 17.2 Å². The Balaban J connectivity index is 0.00000256. The van der Waals surface area contributed by atoms with E-state index in [0.717, 1.165) is 34.2 Å². The number of halogens is 1. The average Bonchev–Trinajstić information content (AvgIpc) is 3.24. The summed E-state index contributed by atoms with van der Waals surface area (Å²) >= 11 is 0. The van der Waals surface area contributed by atoms with E-state index in [4.69, 9.17) is 24.4 Å². The monoisotopic (exact) mass is 424 g/mol. The molecule has 1 aromatic heterocycles. The third kappa shape index (κ3) is 4.21. The number of hydrogen-bond donors (Lipinski definition) is 0. The number of rotatable bonds is 6. The molecule has 4 rings (SSSR count). The SMILES string of the molecule is COc1ccc(-c2nn(-c3ccc(OC)cc3)[n+](-c3ccc(OC)cc3)n2)cc1.[Cl-]. The Kier molecular flexibility index (Phi) is 6.54. The second kappa shape index (κ2) is 9.28. The second-order valence-corrected chi connectivity index (χ2v) is 6.23. The predicted octanol–water partition coefficient (Wildman–Crippen LogP) is 0.241. The zero-order valence-corrected chi connectivity index (χ0v) is 17.6. The summed E-state index contributed by atoms with van der Waals surface area (Å²) in [7, 11) is 4.93. The average molecular weight is 425 g/mol. The van der Waals surface area contributed by atoms with E-state index in [9.17, 15) is 0 Å². The normalized spacial score (nSPS) is 10.2. The van der Waals surface area contributed by atoms with Crippen molar-refractivity contribution in [2.75, 3.05) is 21.3 Å². The van der Waals surface area contributed by atoms with Crippen LogP contribution in [0.25, 0.3) is 22.8 Å². The summed E-state index contributed by atoms with van der Waals surface area (Å²) in [6.45, 7) is 0. The first-order chi connectivity index (χ1) is 14.2. The van der Waals surface area contributed by atoms with Crippen molar-refractivity contribution in [2.24, 2.45) is 0 Å². The molecule has 0 radical (unpaired) electrons. The largest absolute Gasteiger partial charge is 1.00 e. The summed E-state index contributed by atoms with van der Waals surface area (Å²) in [5.41, 5.74) is 2.60. The molecule has 0 saturated carbocycles. The summed E-state index contributed by atoms with van der Waals surface area (Å²) in [4.78, 5) is 3.50. The molecule has 0 aliphatic carbocycles. The molecule has 0 aliphatic rings. The fraction of sp³-hybridized carbons (Fsp3) is 0.136. The molecule has 0 amide bonds. The van der Waals surface area contributed by atoms with Crippen molar-refractivity contribution >= 4 is 0 Å². The second-order valence-electron chi connectivity index (χ2n) is 6.23. The zero-order valence-electron chi connectivity index (χ0n) is 16.8. The minimum atomic E-state index is 0. The lowest BCUT2D eigenvalue weighted by molar-refractivity contribution is -0.734. The zero-order chi connectivity index (χ0) is 20.2. The number of tetrazole rings is 1. The van der Waals surface area contributed by atoms with Gasteiger partial charge in [-0.2, -0.15) is 0 Å². The van der Waals surface area contributed by atoms with Gasteiger partial charge in [-0.3, -0.25) is 0 Å². The summed E-state index contributed by atoms with van der Waals surface area (Å²) in [5, 5.41) is 9.47. The highest BCUT2D eigenvalue weighted by molar-refractivity contribution is 5.55. The van der Waals surface area contributed by atoms with E-state index in [1.54, 1.807) is 30.9 Å². The Bertz CT molecular complexity index is 1030. The van der Waals surface area contributed by atoms with Gasteiger partial charge < -0.3 is 26.6 Å². The lowest BCUT2D eigenvalue weighted by Crippen LogP contribution is -3.00. The molecule has 8 heteroatoms. The molecular weight excluding hydrogens is 404 g/mol. The maximum absolute atomic E-state index is 5.26. The first-order valence-electron chi connectivity index (χ1n) is 9.05. The Morgan fingerprint density at radius 2 is 1.13 bits per heavy atom. The molecule has 1 heterocycles. The first kappa shape index (κ1) is 21.1. The molecule has 0 bridgehead atoms. The Morgan fingerprint density at radius 3 is 1.63 bits per heavy atom. The van der Waals surface area contributed by atoms with E-state index < -0.39 is 0 Å². The van der Waals surface area contributed by atoms with Crippen LogP contribution in [0.4, 0.5) is 0 Å². The van der Waals surface area contributed by atoms with Crippen LogP contribution in [0.15, 0.2) is 72.8 Å². The van der Waals surface area contributed by atoms with Gasteiger partial charge in [0.1, 0.15) is 22.9 Å². The third-order valence-electron chi connectivity index (χ3n) is 4.51. The Hall–Kier alpha value is -3.58. The molecular formula is C22H21ClN4O3. The number of hydrogen-bond acceptors (Lipinski definition) is 5. The van der Waals surface area contributed by atoms with Gasteiger partial charge in [0.15, 0.2) is 5.69 Å². The van der Waals surface area contributed by atoms with Crippen molar-refractivity contribution in [3.8, 4) is 40.0 Å². The Morgan fingerprint density at radius 1 is 0.667 bits per heavy atom. The van der Waals surface area contributed by atoms with Crippen molar-refractivity contribution in [1.29, 1.82) is 0 Å². The molecule has 0 saturated heterocycles. The molecule has 0 N–H and O–H groups in total. The topological polar surface area (TPSA) is 62.3 Å². The highest BCUT2D eigenvalue weighted by Crippen LogP contribution is 2.20. The van der Waals surface area contributed by atoms with E-state index in [-0.39, 0.29) is 12.4 Å². The minimum absolute atomic E-state index is 0. The smallest absolute Gasteiger partial charge is 0.340 e. The first-order valence-corrected chi connectivity index (χ1v) is 9.05. The summed E-state index contributed by atoms with van der Waals surface area (Å²) < 4.78 is 15.8. The maximum Gasteiger partial charge on any atom is 0.340 e. The minimum Gasteiger partial charge on any atom is -1.00 e. The molecule has 0 fully saturated rings. The number of ether oxygens (including phenoxy) is 3. The van der Waals surface area contributed by atoms with E-state index in [0.29, 0.717) is 5.82 Å². The van der Waals surface area contributed by atoms with Crippen LogP contribution in [0.2, 0.25) is 0 Å². The highest BCUT2D eigenvalue weighted by Gasteiger charge is 2.23. The standard InChI is InChI=1S/C22H21N4O3.ClH/c1-27-19-10-4-16(5-11-19)22-23-25(17-6-12-20(28-2)13-7-17)26(24-22)18-8-14-21(29-3)15-9-18;/h4-15H,1-3H3;1H/q+1;/p-1. The van der Waals surface area contributed by atoms with Gasteiger partial charge in [0.2, 0.25) is 0 Å². The van der Waals surface area contributed by atoms with Crippen LogP contribution in [-0.4, -0.2) is 36.3 Å². The van der Waals surface area contributed by atoms with Crippen molar-refractivity contribution in [2.45, 2.75) is 0 Å².